The molecule has 0 saturated carbocycles. The molecule has 116 valence electrons. The Kier molecular flexibility index (Phi) is 6.50. The molecule has 1 atom stereocenters. The van der Waals surface area contributed by atoms with Gasteiger partial charge in [0.15, 0.2) is 0 Å². The van der Waals surface area contributed by atoms with Crippen LogP contribution in [0.2, 0.25) is 0 Å². The van der Waals surface area contributed by atoms with E-state index in [-0.39, 0.29) is 6.04 Å². The van der Waals surface area contributed by atoms with Gasteiger partial charge in [0.2, 0.25) is 10.0 Å². The minimum atomic E-state index is -3.53. The molecule has 0 spiro atoms. The minimum absolute atomic E-state index is 0.110. The van der Waals surface area contributed by atoms with E-state index in [4.69, 9.17) is 5.73 Å². The number of aromatic nitrogens is 2. The quantitative estimate of drug-likeness (QED) is 0.742. The average Bonchev–Trinajstić information content (AvgIpc) is 2.61. The molecule has 1 aromatic heterocycles. The van der Waals surface area contributed by atoms with Crippen LogP contribution in [0.25, 0.3) is 0 Å². The summed E-state index contributed by atoms with van der Waals surface area (Å²) >= 11 is 1.61. The maximum Gasteiger partial charge on any atom is 0.244 e. The number of thioether (sulfide) groups is 1. The second kappa shape index (κ2) is 7.44. The molecular formula is C12H24N4O2S2. The van der Waals surface area contributed by atoms with Crippen molar-refractivity contribution in [1.82, 2.24) is 14.5 Å². The summed E-state index contributed by atoms with van der Waals surface area (Å²) in [6, 6.07) is -0.110. The molecular weight excluding hydrogens is 296 g/mol. The molecule has 0 saturated heterocycles. The first-order valence-corrected chi connectivity index (χ1v) is 9.46. The summed E-state index contributed by atoms with van der Waals surface area (Å²) < 4.78 is 29.3. The summed E-state index contributed by atoms with van der Waals surface area (Å²) in [4.78, 5) is 0.294. The second-order valence-corrected chi connectivity index (χ2v) is 7.40. The number of nitrogens with one attached hydrogen (secondary N) is 1. The maximum atomic E-state index is 12.4. The average molecular weight is 320 g/mol. The molecule has 8 heteroatoms. The van der Waals surface area contributed by atoms with Crippen molar-refractivity contribution >= 4 is 21.8 Å². The van der Waals surface area contributed by atoms with Crippen LogP contribution >= 0.6 is 11.8 Å². The van der Waals surface area contributed by atoms with E-state index in [1.54, 1.807) is 30.3 Å². The number of aryl methyl sites for hydroxylation is 2. The lowest BCUT2D eigenvalue weighted by Gasteiger charge is -2.13. The lowest BCUT2D eigenvalue weighted by molar-refractivity contribution is 0.560. The first-order chi connectivity index (χ1) is 9.33. The van der Waals surface area contributed by atoms with Crippen molar-refractivity contribution in [2.75, 3.05) is 18.6 Å². The molecule has 0 bridgehead atoms. The predicted molar refractivity (Wildman–Crippen MR) is 83.5 cm³/mol. The molecule has 0 aliphatic carbocycles. The molecule has 0 radical (unpaired) electrons. The SMILES string of the molecule is CSCC(C)NS(=O)(=O)c1c(C)nn(CCCN)c1C. The third kappa shape index (κ3) is 4.21. The van der Waals surface area contributed by atoms with Gasteiger partial charge in [0.05, 0.1) is 11.4 Å². The van der Waals surface area contributed by atoms with Crippen LogP contribution in [0.5, 0.6) is 0 Å². The predicted octanol–water partition coefficient (Wildman–Crippen LogP) is 0.879. The fraction of sp³-hybridized carbons (Fsp3) is 0.750. The lowest BCUT2D eigenvalue weighted by atomic mass is 10.4. The fourth-order valence-electron chi connectivity index (χ4n) is 2.14. The normalized spacial score (nSPS) is 13.7. The molecule has 1 unspecified atom stereocenters. The molecule has 0 aromatic carbocycles. The zero-order valence-corrected chi connectivity index (χ0v) is 14.1. The molecule has 0 aliphatic rings. The highest BCUT2D eigenvalue weighted by Gasteiger charge is 2.25. The van der Waals surface area contributed by atoms with Crippen LogP contribution in [0.1, 0.15) is 24.7 Å². The Labute approximate surface area is 125 Å². The summed E-state index contributed by atoms with van der Waals surface area (Å²) in [6.07, 6.45) is 2.73. The van der Waals surface area contributed by atoms with Crippen LogP contribution in [-0.2, 0) is 16.6 Å². The molecule has 0 fully saturated rings. The maximum absolute atomic E-state index is 12.4. The summed E-state index contributed by atoms with van der Waals surface area (Å²) in [7, 11) is -3.53. The number of rotatable bonds is 8. The number of hydrogen-bond acceptors (Lipinski definition) is 5. The van der Waals surface area contributed by atoms with Gasteiger partial charge in [0.25, 0.3) is 0 Å². The highest BCUT2D eigenvalue weighted by molar-refractivity contribution is 7.98. The van der Waals surface area contributed by atoms with E-state index in [1.165, 1.54) is 0 Å². The molecule has 1 aromatic rings. The van der Waals surface area contributed by atoms with Crippen molar-refractivity contribution in [2.45, 2.75) is 44.7 Å². The number of hydrogen-bond donors (Lipinski definition) is 2. The first kappa shape index (κ1) is 17.5. The van der Waals surface area contributed by atoms with Crippen LogP contribution in [0, 0.1) is 13.8 Å². The van der Waals surface area contributed by atoms with Gasteiger partial charge >= 0.3 is 0 Å². The van der Waals surface area contributed by atoms with Crippen LogP contribution in [-0.4, -0.2) is 42.8 Å². The molecule has 20 heavy (non-hydrogen) atoms. The van der Waals surface area contributed by atoms with Gasteiger partial charge in [0, 0.05) is 18.3 Å². The van der Waals surface area contributed by atoms with E-state index in [0.717, 1.165) is 12.2 Å². The van der Waals surface area contributed by atoms with Crippen molar-refractivity contribution in [2.24, 2.45) is 5.73 Å². The van der Waals surface area contributed by atoms with Gasteiger partial charge in [-0.15, -0.1) is 0 Å². The van der Waals surface area contributed by atoms with Crippen molar-refractivity contribution < 1.29 is 8.42 Å². The van der Waals surface area contributed by atoms with Gasteiger partial charge in [-0.2, -0.15) is 16.9 Å². The summed E-state index contributed by atoms with van der Waals surface area (Å²) in [5.74, 6) is 0.735. The van der Waals surface area contributed by atoms with E-state index in [9.17, 15) is 8.42 Å². The van der Waals surface area contributed by atoms with Crippen molar-refractivity contribution in [1.29, 1.82) is 0 Å². The minimum Gasteiger partial charge on any atom is -0.330 e. The van der Waals surface area contributed by atoms with E-state index < -0.39 is 10.0 Å². The monoisotopic (exact) mass is 320 g/mol. The topological polar surface area (TPSA) is 90.0 Å². The van der Waals surface area contributed by atoms with Crippen molar-refractivity contribution in [3.8, 4) is 0 Å². The molecule has 1 heterocycles. The number of nitrogens with zero attached hydrogens (tertiary/aromatic N) is 2. The third-order valence-corrected chi connectivity index (χ3v) is 5.61. The largest absolute Gasteiger partial charge is 0.330 e. The van der Waals surface area contributed by atoms with Gasteiger partial charge < -0.3 is 5.73 Å². The van der Waals surface area contributed by atoms with Crippen LogP contribution in [0.4, 0.5) is 0 Å². The summed E-state index contributed by atoms with van der Waals surface area (Å²) in [5.41, 5.74) is 6.68. The first-order valence-electron chi connectivity index (χ1n) is 6.58. The van der Waals surface area contributed by atoms with Crippen molar-refractivity contribution in [3.63, 3.8) is 0 Å². The molecule has 6 nitrogen and oxygen atoms in total. The van der Waals surface area contributed by atoms with E-state index in [0.29, 0.717) is 29.4 Å². The number of nitrogens with two attached hydrogens (primary N) is 1. The van der Waals surface area contributed by atoms with E-state index >= 15 is 0 Å². The zero-order chi connectivity index (χ0) is 15.3. The second-order valence-electron chi connectivity index (χ2n) is 4.84. The Morgan fingerprint density at radius 2 is 2.10 bits per heavy atom. The summed E-state index contributed by atoms with van der Waals surface area (Å²) in [5, 5.41) is 4.30. The highest BCUT2D eigenvalue weighted by atomic mass is 32.2. The van der Waals surface area contributed by atoms with Gasteiger partial charge in [-0.25, -0.2) is 13.1 Å². The molecule has 0 aliphatic heterocycles. The van der Waals surface area contributed by atoms with Crippen molar-refractivity contribution in [3.05, 3.63) is 11.4 Å². The van der Waals surface area contributed by atoms with Crippen LogP contribution < -0.4 is 10.5 Å². The molecule has 0 amide bonds. The smallest absolute Gasteiger partial charge is 0.244 e. The Morgan fingerprint density at radius 3 is 2.65 bits per heavy atom. The van der Waals surface area contributed by atoms with Crippen LogP contribution in [0.15, 0.2) is 4.90 Å². The number of sulfonamides is 1. The van der Waals surface area contributed by atoms with E-state index in [1.807, 2.05) is 13.2 Å². The van der Waals surface area contributed by atoms with Gasteiger partial charge in [-0.3, -0.25) is 4.68 Å². The Balaban J connectivity index is 3.03. The zero-order valence-electron chi connectivity index (χ0n) is 12.5. The third-order valence-electron chi connectivity index (χ3n) is 2.93. The van der Waals surface area contributed by atoms with Gasteiger partial charge in [-0.05, 0) is 40.0 Å². The van der Waals surface area contributed by atoms with Crippen LogP contribution in [0.3, 0.4) is 0 Å². The van der Waals surface area contributed by atoms with Gasteiger partial charge in [0.1, 0.15) is 4.90 Å². The molecule has 1 rings (SSSR count). The standard InChI is InChI=1S/C12H24N4O2S2/c1-9(8-19-4)15-20(17,18)12-10(2)14-16(11(12)3)7-5-6-13/h9,15H,5-8,13H2,1-4H3. The van der Waals surface area contributed by atoms with Gasteiger partial charge in [-0.1, -0.05) is 0 Å². The molecule has 3 N–H and O–H groups in total. The Bertz CT molecular complexity index is 540. The highest BCUT2D eigenvalue weighted by Crippen LogP contribution is 2.20. The Morgan fingerprint density at radius 1 is 1.45 bits per heavy atom. The summed E-state index contributed by atoms with van der Waals surface area (Å²) in [6.45, 7) is 6.56. The lowest BCUT2D eigenvalue weighted by Crippen LogP contribution is -2.34. The van der Waals surface area contributed by atoms with E-state index in [2.05, 4.69) is 9.82 Å². The fourth-order valence-corrected chi connectivity index (χ4v) is 4.48. The Hall–Kier alpha value is -0.570.